The number of ether oxygens (including phenoxy) is 1. The van der Waals surface area contributed by atoms with E-state index >= 15 is 0 Å². The zero-order valence-electron chi connectivity index (χ0n) is 12.2. The molecule has 9 heteroatoms. The number of aromatic nitrogens is 3. The summed E-state index contributed by atoms with van der Waals surface area (Å²) in [4.78, 5) is 25.4. The number of anilines is 2. The van der Waals surface area contributed by atoms with Crippen LogP contribution in [0.1, 0.15) is 20.8 Å². The highest BCUT2D eigenvalue weighted by atomic mass is 16.5. The number of amides is 1. The fraction of sp³-hybridized carbons (Fsp3) is 0.636. The van der Waals surface area contributed by atoms with E-state index in [0.29, 0.717) is 12.6 Å². The average Bonchev–Trinajstić information content (AvgIpc) is 2.37. The standard InChI is InChI=1S/C11H21N7O2/c1-5-20-11-15-9(17-12)14-10(16-11)18(4)6-8(19)13-7(2)3/h7H,5-6,12H2,1-4H3,(H,13,19)(H,14,15,16,17). The number of nitrogens with two attached hydrogens (primary N) is 1. The summed E-state index contributed by atoms with van der Waals surface area (Å²) in [6.07, 6.45) is 0. The van der Waals surface area contributed by atoms with Gasteiger partial charge in [0.1, 0.15) is 0 Å². The normalized spacial score (nSPS) is 10.3. The van der Waals surface area contributed by atoms with Gasteiger partial charge >= 0.3 is 6.01 Å². The number of hydrogen-bond acceptors (Lipinski definition) is 8. The largest absolute Gasteiger partial charge is 0.464 e. The van der Waals surface area contributed by atoms with Crippen molar-refractivity contribution in [1.29, 1.82) is 0 Å². The summed E-state index contributed by atoms with van der Waals surface area (Å²) in [5, 5.41) is 2.79. The van der Waals surface area contributed by atoms with Crippen molar-refractivity contribution in [2.45, 2.75) is 26.8 Å². The monoisotopic (exact) mass is 283 g/mol. The summed E-state index contributed by atoms with van der Waals surface area (Å²) in [5.41, 5.74) is 2.34. The Hall–Kier alpha value is -2.16. The van der Waals surface area contributed by atoms with E-state index in [0.717, 1.165) is 0 Å². The molecule has 9 nitrogen and oxygen atoms in total. The molecular formula is C11H21N7O2. The molecule has 0 fully saturated rings. The summed E-state index contributed by atoms with van der Waals surface area (Å²) in [6, 6.07) is 0.232. The first-order valence-electron chi connectivity index (χ1n) is 6.32. The first kappa shape index (κ1) is 15.9. The van der Waals surface area contributed by atoms with Gasteiger partial charge in [-0.25, -0.2) is 5.84 Å². The van der Waals surface area contributed by atoms with E-state index in [9.17, 15) is 4.79 Å². The van der Waals surface area contributed by atoms with Crippen molar-refractivity contribution in [3.63, 3.8) is 0 Å². The van der Waals surface area contributed by atoms with Crippen molar-refractivity contribution < 1.29 is 9.53 Å². The predicted octanol–water partition coefficient (Wildman–Crippen LogP) is -0.483. The van der Waals surface area contributed by atoms with Crippen LogP contribution in [-0.4, -0.2) is 47.1 Å². The van der Waals surface area contributed by atoms with Gasteiger partial charge in [-0.15, -0.1) is 0 Å². The molecule has 0 saturated carbocycles. The third kappa shape index (κ3) is 4.84. The van der Waals surface area contributed by atoms with Gasteiger partial charge < -0.3 is 15.0 Å². The number of nitrogens with zero attached hydrogens (tertiary/aromatic N) is 4. The van der Waals surface area contributed by atoms with E-state index < -0.39 is 0 Å². The SMILES string of the molecule is CCOc1nc(NN)nc(N(C)CC(=O)NC(C)C)n1. The van der Waals surface area contributed by atoms with Crippen LogP contribution in [0.2, 0.25) is 0 Å². The number of hydrazine groups is 1. The van der Waals surface area contributed by atoms with Crippen LogP contribution >= 0.6 is 0 Å². The Bertz CT molecular complexity index is 452. The second-order valence-corrected chi connectivity index (χ2v) is 4.40. The quantitative estimate of drug-likeness (QED) is 0.453. The van der Waals surface area contributed by atoms with Gasteiger partial charge in [0.25, 0.3) is 0 Å². The minimum atomic E-state index is -0.122. The molecule has 0 bridgehead atoms. The lowest BCUT2D eigenvalue weighted by atomic mass is 10.4. The summed E-state index contributed by atoms with van der Waals surface area (Å²) in [7, 11) is 1.70. The first-order valence-corrected chi connectivity index (χ1v) is 6.32. The molecule has 1 aromatic heterocycles. The summed E-state index contributed by atoms with van der Waals surface area (Å²) in [6.45, 7) is 6.15. The third-order valence-electron chi connectivity index (χ3n) is 2.18. The van der Waals surface area contributed by atoms with E-state index in [1.165, 1.54) is 0 Å². The fourth-order valence-corrected chi connectivity index (χ4v) is 1.43. The smallest absolute Gasteiger partial charge is 0.323 e. The predicted molar refractivity (Wildman–Crippen MR) is 75.4 cm³/mol. The van der Waals surface area contributed by atoms with Gasteiger partial charge in [-0.3, -0.25) is 10.2 Å². The van der Waals surface area contributed by atoms with Crippen LogP contribution in [0.5, 0.6) is 6.01 Å². The highest BCUT2D eigenvalue weighted by Crippen LogP contribution is 2.13. The number of likely N-dealkylation sites (N-methyl/N-ethyl adjacent to an activating group) is 1. The Labute approximate surface area is 117 Å². The Morgan fingerprint density at radius 1 is 1.40 bits per heavy atom. The lowest BCUT2D eigenvalue weighted by Crippen LogP contribution is -2.39. The number of nitrogen functional groups attached to an aromatic ring is 1. The molecule has 0 unspecified atom stereocenters. The molecule has 1 heterocycles. The second-order valence-electron chi connectivity index (χ2n) is 4.40. The molecule has 4 N–H and O–H groups in total. The van der Waals surface area contributed by atoms with E-state index in [1.807, 2.05) is 20.8 Å². The molecule has 0 aliphatic heterocycles. The van der Waals surface area contributed by atoms with Gasteiger partial charge in [0.2, 0.25) is 17.8 Å². The van der Waals surface area contributed by atoms with E-state index in [1.54, 1.807) is 11.9 Å². The second kappa shape index (κ2) is 7.43. The number of carbonyl (C=O) groups excluding carboxylic acids is 1. The van der Waals surface area contributed by atoms with Gasteiger partial charge in [-0.2, -0.15) is 15.0 Å². The third-order valence-corrected chi connectivity index (χ3v) is 2.18. The summed E-state index contributed by atoms with van der Waals surface area (Å²) < 4.78 is 5.22. The fourth-order valence-electron chi connectivity index (χ4n) is 1.43. The lowest BCUT2D eigenvalue weighted by Gasteiger charge is -2.18. The first-order chi connectivity index (χ1) is 9.46. The van der Waals surface area contributed by atoms with Crippen LogP contribution in [0.25, 0.3) is 0 Å². The molecule has 20 heavy (non-hydrogen) atoms. The maximum absolute atomic E-state index is 11.7. The van der Waals surface area contributed by atoms with Crippen molar-refractivity contribution in [2.75, 3.05) is 30.5 Å². The van der Waals surface area contributed by atoms with Gasteiger partial charge in [-0.05, 0) is 20.8 Å². The summed E-state index contributed by atoms with van der Waals surface area (Å²) >= 11 is 0. The molecule has 1 rings (SSSR count). The lowest BCUT2D eigenvalue weighted by molar-refractivity contribution is -0.120. The van der Waals surface area contributed by atoms with E-state index in [-0.39, 0.29) is 30.5 Å². The van der Waals surface area contributed by atoms with Crippen LogP contribution in [0, 0.1) is 0 Å². The average molecular weight is 283 g/mol. The molecule has 0 aliphatic rings. The van der Waals surface area contributed by atoms with Crippen LogP contribution in [-0.2, 0) is 4.79 Å². The topological polar surface area (TPSA) is 118 Å². The van der Waals surface area contributed by atoms with Crippen molar-refractivity contribution in [3.05, 3.63) is 0 Å². The van der Waals surface area contributed by atoms with Gasteiger partial charge in [0.05, 0.1) is 13.2 Å². The minimum Gasteiger partial charge on any atom is -0.464 e. The van der Waals surface area contributed by atoms with Crippen LogP contribution in [0.15, 0.2) is 0 Å². The number of hydrogen-bond donors (Lipinski definition) is 3. The highest BCUT2D eigenvalue weighted by molar-refractivity contribution is 5.80. The van der Waals surface area contributed by atoms with Crippen molar-refractivity contribution in [3.8, 4) is 6.01 Å². The molecule has 0 saturated heterocycles. The van der Waals surface area contributed by atoms with E-state index in [2.05, 4.69) is 25.7 Å². The zero-order chi connectivity index (χ0) is 15.1. The van der Waals surface area contributed by atoms with Gasteiger partial charge in [0, 0.05) is 13.1 Å². The van der Waals surface area contributed by atoms with Gasteiger partial charge in [0.15, 0.2) is 0 Å². The molecule has 0 spiro atoms. The molecule has 112 valence electrons. The minimum absolute atomic E-state index is 0.0783. The molecular weight excluding hydrogens is 262 g/mol. The molecule has 1 amide bonds. The maximum atomic E-state index is 11.7. The van der Waals surface area contributed by atoms with Crippen LogP contribution in [0.3, 0.4) is 0 Å². The number of carbonyl (C=O) groups is 1. The van der Waals surface area contributed by atoms with Crippen LogP contribution in [0.4, 0.5) is 11.9 Å². The van der Waals surface area contributed by atoms with E-state index in [4.69, 9.17) is 10.6 Å². The van der Waals surface area contributed by atoms with Crippen LogP contribution < -0.4 is 26.2 Å². The summed E-state index contributed by atoms with van der Waals surface area (Å²) in [5.74, 6) is 5.65. The van der Waals surface area contributed by atoms with Crippen molar-refractivity contribution in [2.24, 2.45) is 5.84 Å². The molecule has 0 aromatic carbocycles. The van der Waals surface area contributed by atoms with Gasteiger partial charge in [-0.1, -0.05) is 0 Å². The number of rotatable bonds is 7. The van der Waals surface area contributed by atoms with Crippen molar-refractivity contribution in [1.82, 2.24) is 20.3 Å². The molecule has 0 atom stereocenters. The molecule has 0 aliphatic carbocycles. The Balaban J connectivity index is 2.82. The van der Waals surface area contributed by atoms with Crippen molar-refractivity contribution >= 4 is 17.8 Å². The zero-order valence-corrected chi connectivity index (χ0v) is 12.2. The number of nitrogens with one attached hydrogen (secondary N) is 2. The Kier molecular flexibility index (Phi) is 5.91. The molecule has 0 radical (unpaired) electrons. The highest BCUT2D eigenvalue weighted by Gasteiger charge is 2.14. The Morgan fingerprint density at radius 2 is 2.10 bits per heavy atom. The maximum Gasteiger partial charge on any atom is 0.323 e. The Morgan fingerprint density at radius 3 is 2.65 bits per heavy atom. The molecule has 1 aromatic rings.